The van der Waals surface area contributed by atoms with Gasteiger partial charge in [-0.15, -0.1) is 0 Å². The summed E-state index contributed by atoms with van der Waals surface area (Å²) in [5.41, 5.74) is 2.61. The highest BCUT2D eigenvalue weighted by Gasteiger charge is 2.49. The van der Waals surface area contributed by atoms with Crippen LogP contribution < -0.4 is 5.32 Å². The van der Waals surface area contributed by atoms with Gasteiger partial charge < -0.3 is 34.2 Å². The van der Waals surface area contributed by atoms with E-state index in [2.05, 4.69) is 82.5 Å². The zero-order chi connectivity index (χ0) is 45.9. The number of benzene rings is 2. The quantitative estimate of drug-likeness (QED) is 0.0372. The minimum atomic E-state index is -2.27. The van der Waals surface area contributed by atoms with Crippen LogP contribution in [0.5, 0.6) is 0 Å². The first-order valence-corrected chi connectivity index (χ1v) is 27.5. The van der Waals surface area contributed by atoms with E-state index in [0.717, 1.165) is 83.5 Å². The zero-order valence-electron chi connectivity index (χ0n) is 40.0. The molecule has 1 amide bonds. The predicted octanol–water partition coefficient (Wildman–Crippen LogP) is 11.1. The Morgan fingerprint density at radius 3 is 1.73 bits per heavy atom. The molecule has 63 heavy (non-hydrogen) atoms. The lowest BCUT2D eigenvalue weighted by atomic mass is 9.96. The number of nitrogens with one attached hydrogen (secondary N) is 1. The molecule has 2 aromatic rings. The van der Waals surface area contributed by atoms with Crippen molar-refractivity contribution in [3.8, 4) is 0 Å². The molecule has 0 aliphatic carbocycles. The molecule has 0 bridgehead atoms. The van der Waals surface area contributed by atoms with E-state index in [9.17, 15) is 24.6 Å². The predicted molar refractivity (Wildman–Crippen MR) is 255 cm³/mol. The lowest BCUT2D eigenvalue weighted by Crippen LogP contribution is -2.65. The van der Waals surface area contributed by atoms with Crippen LogP contribution in [0.25, 0.3) is 0 Å². The highest BCUT2D eigenvalue weighted by molar-refractivity contribution is 6.74. The Kier molecular flexibility index (Phi) is 26.0. The number of carbonyl (C=O) groups excluding carboxylic acids is 3. The maximum atomic E-state index is 13.8. The molecule has 0 spiro atoms. The van der Waals surface area contributed by atoms with E-state index in [1.54, 1.807) is 0 Å². The second-order valence-electron chi connectivity index (χ2n) is 19.4. The number of aliphatic hydroxyl groups is 2. The maximum absolute atomic E-state index is 13.8. The summed E-state index contributed by atoms with van der Waals surface area (Å²) < 4.78 is 24.1. The summed E-state index contributed by atoms with van der Waals surface area (Å²) >= 11 is 0. The second-order valence-corrected chi connectivity index (χ2v) is 24.2. The van der Waals surface area contributed by atoms with Crippen LogP contribution >= 0.6 is 0 Å². The van der Waals surface area contributed by atoms with Crippen molar-refractivity contribution in [3.05, 3.63) is 71.8 Å². The Hall–Kier alpha value is -3.09. The van der Waals surface area contributed by atoms with Crippen LogP contribution in [-0.4, -0.2) is 79.7 Å². The Morgan fingerprint density at radius 2 is 1.19 bits per heavy atom. The number of aliphatic hydroxyl groups excluding tert-OH is 2. The lowest BCUT2D eigenvalue weighted by molar-refractivity contribution is -0.258. The van der Waals surface area contributed by atoms with Crippen LogP contribution in [0.1, 0.15) is 174 Å². The molecular formula is C52H85NO9Si. The van der Waals surface area contributed by atoms with Crippen LogP contribution in [0.15, 0.2) is 60.7 Å². The van der Waals surface area contributed by atoms with Gasteiger partial charge in [0.05, 0.1) is 13.0 Å². The van der Waals surface area contributed by atoms with Gasteiger partial charge in [-0.3, -0.25) is 14.4 Å². The number of hydrogen-bond donors (Lipinski definition) is 3. The molecule has 1 fully saturated rings. The molecule has 0 unspecified atom stereocenters. The molecular weight excluding hydrogens is 811 g/mol. The van der Waals surface area contributed by atoms with Gasteiger partial charge in [-0.05, 0) is 80.6 Å². The van der Waals surface area contributed by atoms with Crippen LogP contribution in [0.2, 0.25) is 18.1 Å². The Bertz CT molecular complexity index is 1540. The molecule has 0 aromatic heterocycles. The van der Waals surface area contributed by atoms with Crippen molar-refractivity contribution >= 4 is 26.2 Å². The fourth-order valence-electron chi connectivity index (χ4n) is 7.86. The highest BCUT2D eigenvalue weighted by atomic mass is 28.4. The van der Waals surface area contributed by atoms with Gasteiger partial charge in [0.1, 0.15) is 24.4 Å². The van der Waals surface area contributed by atoms with Crippen molar-refractivity contribution in [2.75, 3.05) is 6.61 Å². The first kappa shape index (κ1) is 54.2. The molecule has 10 nitrogen and oxygen atoms in total. The molecule has 0 saturated carbocycles. The average molecular weight is 896 g/mol. The van der Waals surface area contributed by atoms with Crippen molar-refractivity contribution in [2.24, 2.45) is 0 Å². The van der Waals surface area contributed by atoms with Crippen molar-refractivity contribution in [1.82, 2.24) is 5.32 Å². The molecule has 3 rings (SSSR count). The fraction of sp³-hybridized carbons (Fsp3) is 0.712. The van der Waals surface area contributed by atoms with E-state index in [1.807, 2.05) is 24.3 Å². The molecule has 3 N–H and O–H groups in total. The normalized spacial score (nSPS) is 19.7. The third-order valence-electron chi connectivity index (χ3n) is 12.9. The van der Waals surface area contributed by atoms with Crippen molar-refractivity contribution in [1.29, 1.82) is 0 Å². The minimum Gasteiger partial charge on any atom is -0.462 e. The van der Waals surface area contributed by atoms with Gasteiger partial charge in [0.15, 0.2) is 20.7 Å². The summed E-state index contributed by atoms with van der Waals surface area (Å²) in [5, 5.41) is 25.8. The van der Waals surface area contributed by atoms with Gasteiger partial charge >= 0.3 is 11.9 Å². The number of esters is 2. The van der Waals surface area contributed by atoms with Crippen LogP contribution in [-0.2, 0) is 45.9 Å². The molecule has 1 aliphatic rings. The van der Waals surface area contributed by atoms with Gasteiger partial charge in [0, 0.05) is 12.8 Å². The number of amides is 1. The van der Waals surface area contributed by atoms with E-state index in [0.29, 0.717) is 12.8 Å². The molecule has 6 atom stereocenters. The van der Waals surface area contributed by atoms with Crippen LogP contribution in [0, 0.1) is 0 Å². The fourth-order valence-corrected chi connectivity index (χ4v) is 8.87. The smallest absolute Gasteiger partial charge is 0.306 e. The van der Waals surface area contributed by atoms with E-state index in [1.165, 1.54) is 43.2 Å². The number of unbranched alkanes of at least 4 members (excludes halogenated alkanes) is 14. The second kappa shape index (κ2) is 30.2. The summed E-state index contributed by atoms with van der Waals surface area (Å²) in [6, 6.07) is 19.5. The molecule has 1 heterocycles. The third-order valence-corrected chi connectivity index (χ3v) is 17.4. The zero-order valence-corrected chi connectivity index (χ0v) is 41.0. The van der Waals surface area contributed by atoms with Crippen molar-refractivity contribution in [3.63, 3.8) is 0 Å². The first-order valence-electron chi connectivity index (χ1n) is 24.6. The average Bonchev–Trinajstić information content (AvgIpc) is 3.24. The van der Waals surface area contributed by atoms with Crippen molar-refractivity contribution < 1.29 is 43.2 Å². The highest BCUT2D eigenvalue weighted by Crippen LogP contribution is 2.37. The van der Waals surface area contributed by atoms with E-state index < -0.39 is 56.9 Å². The third kappa shape index (κ3) is 22.1. The summed E-state index contributed by atoms with van der Waals surface area (Å²) in [6.45, 7) is 12.7. The molecule has 2 aromatic carbocycles. The van der Waals surface area contributed by atoms with E-state index in [-0.39, 0.29) is 36.9 Å². The largest absolute Gasteiger partial charge is 0.462 e. The summed E-state index contributed by atoms with van der Waals surface area (Å²) in [7, 11) is -2.27. The Labute approximate surface area is 382 Å². The number of carbonyl (C=O) groups is 3. The maximum Gasteiger partial charge on any atom is 0.306 e. The van der Waals surface area contributed by atoms with Crippen LogP contribution in [0.4, 0.5) is 0 Å². The van der Waals surface area contributed by atoms with Gasteiger partial charge in [0.25, 0.3) is 0 Å². The molecule has 11 heteroatoms. The molecule has 1 saturated heterocycles. The summed E-state index contributed by atoms with van der Waals surface area (Å²) in [6.07, 6.45) is 14.4. The van der Waals surface area contributed by atoms with Gasteiger partial charge in [0.2, 0.25) is 5.91 Å². The monoisotopic (exact) mass is 896 g/mol. The van der Waals surface area contributed by atoms with E-state index >= 15 is 0 Å². The van der Waals surface area contributed by atoms with E-state index in [4.69, 9.17) is 18.6 Å². The first-order chi connectivity index (χ1) is 30.2. The Balaban J connectivity index is 1.61. The summed E-state index contributed by atoms with van der Waals surface area (Å²) in [5.74, 6) is -1.32. The molecule has 0 radical (unpaired) electrons. The van der Waals surface area contributed by atoms with Gasteiger partial charge in [-0.2, -0.15) is 0 Å². The number of aryl methyl sites for hydroxylation is 2. The molecule has 1 aliphatic heterocycles. The summed E-state index contributed by atoms with van der Waals surface area (Å²) in [4.78, 5) is 40.3. The SMILES string of the molecule is CCCCCCCCCCC[C@@H](CC(=O)N[C@@H]1[C@@H](OC(=O)CCCCCCc2ccccc2)[C@H](O)[C@@H](CO[Si](C)(C)C(C)(C)C)O[C@H]1O)OC(=O)CCCCCCc1ccccc1. The van der Waals surface area contributed by atoms with Gasteiger partial charge in [-0.25, -0.2) is 0 Å². The van der Waals surface area contributed by atoms with Gasteiger partial charge in [-0.1, -0.05) is 165 Å². The number of rotatable bonds is 32. The minimum absolute atomic E-state index is 0.00532. The molecule has 356 valence electrons. The standard InChI is InChI=1S/C52H85NO9Si/c1-7-8-9-10-11-12-13-14-27-36-43(60-46(55)37-28-17-15-21-30-41-32-23-19-24-33-41)39-45(54)53-48-50(49(57)44(61-51(48)58)40-59-63(5,6)52(2,3)4)62-47(56)38-29-18-16-22-31-42-34-25-20-26-35-42/h19-20,23-26,32-35,43-44,48-51,57-58H,7-18,21-22,27-31,36-40H2,1-6H3,(H,53,54)/t43-,44+,48+,49+,50+,51+/m0/s1. The van der Waals surface area contributed by atoms with Crippen LogP contribution in [0.3, 0.4) is 0 Å². The van der Waals surface area contributed by atoms with Crippen molar-refractivity contribution in [2.45, 2.75) is 230 Å². The lowest BCUT2D eigenvalue weighted by Gasteiger charge is -2.44. The number of ether oxygens (including phenoxy) is 3. The Morgan fingerprint density at radius 1 is 0.698 bits per heavy atom. The topological polar surface area (TPSA) is 141 Å². The number of hydrogen-bond acceptors (Lipinski definition) is 9.